The number of nitrogens with one attached hydrogen (secondary N) is 1. The zero-order chi connectivity index (χ0) is 32.5. The summed E-state index contributed by atoms with van der Waals surface area (Å²) in [6.07, 6.45) is 1.44. The van der Waals surface area contributed by atoms with Crippen molar-refractivity contribution in [3.63, 3.8) is 0 Å². The number of carbonyl (C=O) groups is 2. The molecule has 14 heteroatoms. The van der Waals surface area contributed by atoms with E-state index in [0.29, 0.717) is 21.1 Å². The number of ether oxygens (including phenoxy) is 2. The molecule has 1 aliphatic heterocycles. The van der Waals surface area contributed by atoms with Gasteiger partial charge in [-0.3, -0.25) is 14.6 Å². The van der Waals surface area contributed by atoms with E-state index in [4.69, 9.17) is 26.8 Å². The average Bonchev–Trinajstić information content (AvgIpc) is 3.69. The summed E-state index contributed by atoms with van der Waals surface area (Å²) in [6, 6.07) is 8.02. The van der Waals surface area contributed by atoms with Crippen molar-refractivity contribution in [1.82, 2.24) is 15.3 Å². The lowest BCUT2D eigenvalue weighted by molar-refractivity contribution is -0.123. The van der Waals surface area contributed by atoms with Crippen molar-refractivity contribution < 1.29 is 37.3 Å². The minimum atomic E-state index is -2.46. The molecule has 2 aromatic heterocycles. The van der Waals surface area contributed by atoms with Gasteiger partial charge in [-0.05, 0) is 72.1 Å². The third-order valence-corrected chi connectivity index (χ3v) is 9.24. The first-order valence-corrected chi connectivity index (χ1v) is 14.8. The normalized spacial score (nSPS) is 19.4. The molecule has 1 fully saturated rings. The number of benzene rings is 2. The van der Waals surface area contributed by atoms with Crippen LogP contribution >= 0.6 is 27.5 Å². The van der Waals surface area contributed by atoms with Crippen molar-refractivity contribution in [3.05, 3.63) is 80.5 Å². The van der Waals surface area contributed by atoms with Crippen LogP contribution in [0.15, 0.2) is 47.1 Å². The number of halogens is 5. The molecule has 2 aromatic carbocycles. The monoisotopic (exact) mass is 704 g/mol. The fourth-order valence-electron chi connectivity index (χ4n) is 5.48. The number of rotatable bonds is 8. The molecule has 45 heavy (non-hydrogen) atoms. The number of nitrogens with zero attached hydrogens (tertiary/aromatic N) is 2. The van der Waals surface area contributed by atoms with E-state index >= 15 is 8.78 Å². The Bertz CT molecular complexity index is 1930. The second kappa shape index (κ2) is 10.8. The third-order valence-electron chi connectivity index (χ3n) is 8.46. The predicted molar refractivity (Wildman–Crippen MR) is 162 cm³/mol. The first kappa shape index (κ1) is 31.1. The first-order valence-electron chi connectivity index (χ1n) is 13.7. The van der Waals surface area contributed by atoms with Crippen molar-refractivity contribution in [2.45, 2.75) is 36.5 Å². The van der Waals surface area contributed by atoms with E-state index in [0.717, 1.165) is 12.1 Å². The second-order valence-corrected chi connectivity index (χ2v) is 12.6. The second-order valence-electron chi connectivity index (χ2n) is 11.4. The molecule has 9 nitrogen and oxygen atoms in total. The van der Waals surface area contributed by atoms with E-state index in [-0.39, 0.29) is 53.3 Å². The van der Waals surface area contributed by atoms with Crippen LogP contribution in [-0.2, 0) is 15.8 Å². The lowest BCUT2D eigenvalue weighted by Gasteiger charge is -2.33. The van der Waals surface area contributed by atoms with Crippen molar-refractivity contribution in [1.29, 1.82) is 0 Å². The van der Waals surface area contributed by atoms with Gasteiger partial charge in [0.1, 0.15) is 51.2 Å². The minimum Gasteiger partial charge on any atom is -0.494 e. The highest BCUT2D eigenvalue weighted by atomic mass is 79.9. The van der Waals surface area contributed by atoms with Gasteiger partial charge in [0, 0.05) is 32.7 Å². The zero-order valence-corrected chi connectivity index (χ0v) is 26.2. The van der Waals surface area contributed by atoms with Gasteiger partial charge >= 0.3 is 0 Å². The molecule has 0 bridgehead atoms. The Hall–Kier alpha value is -3.94. The summed E-state index contributed by atoms with van der Waals surface area (Å²) in [7, 11) is 1.43. The van der Waals surface area contributed by atoms with E-state index in [1.165, 1.54) is 26.2 Å². The molecule has 1 aliphatic carbocycles. The fourth-order valence-corrected chi connectivity index (χ4v) is 5.99. The summed E-state index contributed by atoms with van der Waals surface area (Å²) in [5, 5.41) is 14.4. The van der Waals surface area contributed by atoms with Crippen LogP contribution in [0.4, 0.5) is 13.2 Å². The van der Waals surface area contributed by atoms with Crippen LogP contribution < -0.4 is 20.5 Å². The smallest absolute Gasteiger partial charge is 0.251 e. The number of amides is 2. The highest BCUT2D eigenvalue weighted by Crippen LogP contribution is 2.55. The molecule has 3 heterocycles. The Labute approximate surface area is 268 Å². The minimum absolute atomic E-state index is 0.0558. The summed E-state index contributed by atoms with van der Waals surface area (Å²) in [5.74, 6) is -3.40. The molecule has 1 saturated carbocycles. The molecule has 2 atom stereocenters. The molecular weight excluding hydrogens is 681 g/mol. The number of aliphatic hydroxyl groups is 1. The zero-order valence-electron chi connectivity index (χ0n) is 23.8. The van der Waals surface area contributed by atoms with Gasteiger partial charge in [-0.15, -0.1) is 0 Å². The lowest BCUT2D eigenvalue weighted by atomic mass is 9.80. The Morgan fingerprint density at radius 3 is 2.64 bits per heavy atom. The molecule has 234 valence electrons. The molecule has 0 saturated heterocycles. The van der Waals surface area contributed by atoms with Crippen molar-refractivity contribution in [2.24, 2.45) is 5.73 Å². The lowest BCUT2D eigenvalue weighted by Crippen LogP contribution is -2.49. The maximum absolute atomic E-state index is 16.1. The van der Waals surface area contributed by atoms with Gasteiger partial charge in [0.15, 0.2) is 11.4 Å². The van der Waals surface area contributed by atoms with Gasteiger partial charge in [-0.25, -0.2) is 18.2 Å². The largest absolute Gasteiger partial charge is 0.494 e. The molecule has 0 unspecified atom stereocenters. The van der Waals surface area contributed by atoms with E-state index < -0.39 is 51.7 Å². The van der Waals surface area contributed by atoms with Crippen LogP contribution in [0.2, 0.25) is 5.02 Å². The van der Waals surface area contributed by atoms with Crippen LogP contribution in [0.5, 0.6) is 11.5 Å². The number of aromatic nitrogens is 2. The predicted octanol–water partition coefficient (Wildman–Crippen LogP) is 5.25. The summed E-state index contributed by atoms with van der Waals surface area (Å²) in [6.45, 7) is 0.564. The molecule has 4 N–H and O–H groups in total. The quantitative estimate of drug-likeness (QED) is 0.213. The number of primary amides is 1. The van der Waals surface area contributed by atoms with Gasteiger partial charge in [0.25, 0.3) is 5.91 Å². The fraction of sp³-hybridized carbons (Fsp3) is 0.290. The van der Waals surface area contributed by atoms with Gasteiger partial charge in [-0.2, -0.15) is 0 Å². The molecule has 4 aromatic rings. The SMILES string of the molecule is COc1cc(C(=O)NC[C@](O)(c2cc3c(c(-c4ccc(F)c(Cl)c4F)n2)OC[C@]3(C)C(N)=O)C2(F)CC2)cc2cc(Br)cnc12. The number of methoxy groups -OCH3 is 1. The Balaban J connectivity index is 1.45. The van der Waals surface area contributed by atoms with Crippen LogP contribution in [0, 0.1) is 11.6 Å². The third kappa shape index (κ3) is 4.97. The van der Waals surface area contributed by atoms with Crippen molar-refractivity contribution >= 4 is 50.2 Å². The summed E-state index contributed by atoms with van der Waals surface area (Å²) in [5.41, 5.74) is -0.580. The Kier molecular flexibility index (Phi) is 7.49. The average molecular weight is 706 g/mol. The number of hydrogen-bond donors (Lipinski definition) is 3. The molecule has 6 rings (SSSR count). The molecule has 0 spiro atoms. The number of pyridine rings is 2. The van der Waals surface area contributed by atoms with Crippen molar-refractivity contribution in [2.75, 3.05) is 20.3 Å². The topological polar surface area (TPSA) is 137 Å². The van der Waals surface area contributed by atoms with E-state index in [9.17, 15) is 19.1 Å². The van der Waals surface area contributed by atoms with Gasteiger partial charge in [-0.1, -0.05) is 11.6 Å². The number of hydrogen-bond acceptors (Lipinski definition) is 7. The molecular formula is C31H25BrClF3N4O5. The molecule has 2 aliphatic rings. The number of carbonyl (C=O) groups excluding carboxylic acids is 2. The summed E-state index contributed by atoms with van der Waals surface area (Å²) < 4.78 is 57.3. The van der Waals surface area contributed by atoms with Gasteiger partial charge in [0.05, 0.1) is 19.3 Å². The van der Waals surface area contributed by atoms with Gasteiger partial charge in [0.2, 0.25) is 5.91 Å². The maximum Gasteiger partial charge on any atom is 0.251 e. The van der Waals surface area contributed by atoms with E-state index in [1.807, 2.05) is 0 Å². The summed E-state index contributed by atoms with van der Waals surface area (Å²) >= 11 is 9.20. The Morgan fingerprint density at radius 2 is 1.98 bits per heavy atom. The first-order chi connectivity index (χ1) is 21.2. The summed E-state index contributed by atoms with van der Waals surface area (Å²) in [4.78, 5) is 34.7. The van der Waals surface area contributed by atoms with Crippen LogP contribution in [0.25, 0.3) is 22.2 Å². The number of fused-ring (bicyclic) bond motifs is 2. The van der Waals surface area contributed by atoms with Crippen molar-refractivity contribution in [3.8, 4) is 22.8 Å². The van der Waals surface area contributed by atoms with E-state index in [2.05, 4.69) is 31.2 Å². The van der Waals surface area contributed by atoms with Crippen LogP contribution in [0.3, 0.4) is 0 Å². The van der Waals surface area contributed by atoms with Crippen LogP contribution in [0.1, 0.15) is 41.4 Å². The van der Waals surface area contributed by atoms with Gasteiger partial charge < -0.3 is 25.6 Å². The van der Waals surface area contributed by atoms with E-state index in [1.54, 1.807) is 18.3 Å². The number of nitrogens with two attached hydrogens (primary N) is 1. The maximum atomic E-state index is 16.1. The highest BCUT2D eigenvalue weighted by molar-refractivity contribution is 9.10. The standard InChI is InChI=1S/C31H25BrClF3N4O5/c1-29(28(37)42)13-45-26-18(29)10-21(40-25(26)17-3-4-19(34)22(33)23(17)35)31(43,30(36)5-6-30)12-39-27(41)15-7-14-8-16(32)11-38-24(14)20(9-15)44-2/h3-4,7-11,43H,5-6,12-13H2,1-2H3,(H2,37,42)(H,39,41)/t29-,31-/m0/s1. The molecule has 0 radical (unpaired) electrons. The molecule has 2 amide bonds. The Morgan fingerprint density at radius 1 is 1.24 bits per heavy atom. The highest BCUT2D eigenvalue weighted by Gasteiger charge is 2.62. The number of alkyl halides is 1. The van der Waals surface area contributed by atoms with Crippen LogP contribution in [-0.4, -0.2) is 52.8 Å².